The number of nitrogens with one attached hydrogen (secondary N) is 1. The van der Waals surface area contributed by atoms with Crippen LogP contribution < -0.4 is 10.3 Å². The Bertz CT molecular complexity index is 838. The summed E-state index contributed by atoms with van der Waals surface area (Å²) in [7, 11) is 0. The Morgan fingerprint density at radius 2 is 2.04 bits per heavy atom. The average molecular weight is 327 g/mol. The first-order valence-electron chi connectivity index (χ1n) is 7.88. The van der Waals surface area contributed by atoms with Gasteiger partial charge in [-0.05, 0) is 31.9 Å². The third kappa shape index (κ3) is 2.56. The summed E-state index contributed by atoms with van der Waals surface area (Å²) >= 11 is 0. The molecule has 1 aromatic heterocycles. The number of aliphatic hydroxyl groups excluding tert-OH is 2. The van der Waals surface area contributed by atoms with Crippen LogP contribution >= 0.6 is 0 Å². The second-order valence-corrected chi connectivity index (χ2v) is 6.42. The van der Waals surface area contributed by atoms with E-state index < -0.39 is 17.8 Å². The summed E-state index contributed by atoms with van der Waals surface area (Å²) in [6.07, 6.45) is 1.43. The minimum Gasteiger partial charge on any atom is -0.463 e. The van der Waals surface area contributed by atoms with E-state index in [0.717, 1.165) is 11.1 Å². The molecule has 2 aromatic rings. The predicted molar refractivity (Wildman–Crippen MR) is 91.9 cm³/mol. The summed E-state index contributed by atoms with van der Waals surface area (Å²) in [6.45, 7) is 5.14. The lowest BCUT2D eigenvalue weighted by Crippen LogP contribution is -2.37. The van der Waals surface area contributed by atoms with Gasteiger partial charge >= 0.3 is 0 Å². The molecular weight excluding hydrogens is 306 g/mol. The second kappa shape index (κ2) is 5.92. The quantitative estimate of drug-likeness (QED) is 0.756. The first kappa shape index (κ1) is 16.5. The van der Waals surface area contributed by atoms with E-state index in [4.69, 9.17) is 4.74 Å². The number of pyridine rings is 1. The minimum atomic E-state index is -1.20. The van der Waals surface area contributed by atoms with Crippen LogP contribution in [0.25, 0.3) is 11.1 Å². The van der Waals surface area contributed by atoms with Crippen LogP contribution in [0.1, 0.15) is 26.3 Å². The van der Waals surface area contributed by atoms with Crippen molar-refractivity contribution in [3.8, 4) is 16.9 Å². The number of ether oxygens (including phenoxy) is 1. The van der Waals surface area contributed by atoms with Gasteiger partial charge in [0.15, 0.2) is 0 Å². The molecule has 5 nitrogen and oxygen atoms in total. The molecule has 3 atom stereocenters. The van der Waals surface area contributed by atoms with Gasteiger partial charge in [-0.3, -0.25) is 4.79 Å². The summed E-state index contributed by atoms with van der Waals surface area (Å²) < 4.78 is 5.68. The van der Waals surface area contributed by atoms with Gasteiger partial charge in [0.05, 0.1) is 17.1 Å². The van der Waals surface area contributed by atoms with Gasteiger partial charge in [-0.2, -0.15) is 0 Å². The standard InChI is InChI=1S/C19H21NO4/c1-11(12(2)21)9-19(3)15-16(24-18(19)23)14(10-20-17(15)22)13-7-5-4-6-8-13/h4-10,12,18,21,23H,1-3H3,(H,20,22)/b11-9+/t12-,18?,19-/m0/s1. The van der Waals surface area contributed by atoms with Crippen LogP contribution in [0.2, 0.25) is 0 Å². The monoisotopic (exact) mass is 327 g/mol. The Hall–Kier alpha value is -2.37. The van der Waals surface area contributed by atoms with Crippen molar-refractivity contribution in [3.05, 3.63) is 64.1 Å². The maximum atomic E-state index is 12.5. The number of fused-ring (bicyclic) bond motifs is 1. The Morgan fingerprint density at radius 3 is 2.67 bits per heavy atom. The van der Waals surface area contributed by atoms with Crippen LogP contribution in [0.15, 0.2) is 53.0 Å². The Balaban J connectivity index is 2.23. The lowest BCUT2D eigenvalue weighted by molar-refractivity contribution is -0.0363. The second-order valence-electron chi connectivity index (χ2n) is 6.42. The van der Waals surface area contributed by atoms with Gasteiger partial charge in [-0.1, -0.05) is 36.4 Å². The molecule has 0 amide bonds. The van der Waals surface area contributed by atoms with Gasteiger partial charge in [0, 0.05) is 11.8 Å². The fraction of sp³-hybridized carbons (Fsp3) is 0.316. The fourth-order valence-corrected chi connectivity index (χ4v) is 3.05. The van der Waals surface area contributed by atoms with E-state index in [1.54, 1.807) is 33.0 Å². The van der Waals surface area contributed by atoms with Gasteiger partial charge < -0.3 is 19.9 Å². The van der Waals surface area contributed by atoms with E-state index in [9.17, 15) is 15.0 Å². The maximum Gasteiger partial charge on any atom is 0.256 e. The molecule has 2 heterocycles. The molecule has 1 aromatic carbocycles. The molecule has 1 aliphatic heterocycles. The van der Waals surface area contributed by atoms with Gasteiger partial charge in [-0.15, -0.1) is 0 Å². The third-order valence-corrected chi connectivity index (χ3v) is 4.60. The smallest absolute Gasteiger partial charge is 0.256 e. The largest absolute Gasteiger partial charge is 0.463 e. The number of benzene rings is 1. The van der Waals surface area contributed by atoms with E-state index in [1.165, 1.54) is 0 Å². The summed E-state index contributed by atoms with van der Waals surface area (Å²) in [5.74, 6) is 0.384. The van der Waals surface area contributed by atoms with Crippen molar-refractivity contribution in [1.82, 2.24) is 4.98 Å². The van der Waals surface area contributed by atoms with E-state index in [-0.39, 0.29) is 5.56 Å². The molecule has 0 bridgehead atoms. The zero-order valence-corrected chi connectivity index (χ0v) is 13.9. The Labute approximate surface area is 140 Å². The highest BCUT2D eigenvalue weighted by atomic mass is 16.6. The van der Waals surface area contributed by atoms with Crippen molar-refractivity contribution in [2.45, 2.75) is 38.6 Å². The zero-order chi connectivity index (χ0) is 17.5. The zero-order valence-electron chi connectivity index (χ0n) is 13.9. The summed E-state index contributed by atoms with van der Waals surface area (Å²) in [6, 6.07) is 9.53. The van der Waals surface area contributed by atoms with Crippen molar-refractivity contribution in [2.24, 2.45) is 0 Å². The fourth-order valence-electron chi connectivity index (χ4n) is 3.05. The van der Waals surface area contributed by atoms with Crippen molar-refractivity contribution < 1.29 is 14.9 Å². The lowest BCUT2D eigenvalue weighted by Gasteiger charge is -2.23. The van der Waals surface area contributed by atoms with Crippen molar-refractivity contribution in [3.63, 3.8) is 0 Å². The molecule has 3 N–H and O–H groups in total. The van der Waals surface area contributed by atoms with E-state index in [0.29, 0.717) is 16.9 Å². The first-order chi connectivity index (χ1) is 11.3. The highest BCUT2D eigenvalue weighted by Crippen LogP contribution is 2.46. The van der Waals surface area contributed by atoms with Crippen LogP contribution in [0, 0.1) is 0 Å². The van der Waals surface area contributed by atoms with Crippen LogP contribution in [0.3, 0.4) is 0 Å². The van der Waals surface area contributed by atoms with Gasteiger partial charge in [0.1, 0.15) is 5.75 Å². The molecule has 0 spiro atoms. The molecule has 0 saturated heterocycles. The molecule has 1 aliphatic rings. The van der Waals surface area contributed by atoms with Gasteiger partial charge in [0.2, 0.25) is 6.29 Å². The third-order valence-electron chi connectivity index (χ3n) is 4.60. The predicted octanol–water partition coefficient (Wildman–Crippen LogP) is 2.34. The molecule has 0 radical (unpaired) electrons. The van der Waals surface area contributed by atoms with Gasteiger partial charge in [0.25, 0.3) is 5.56 Å². The Morgan fingerprint density at radius 1 is 1.38 bits per heavy atom. The van der Waals surface area contributed by atoms with Crippen molar-refractivity contribution >= 4 is 0 Å². The number of aromatic amines is 1. The molecule has 0 aliphatic carbocycles. The summed E-state index contributed by atoms with van der Waals surface area (Å²) in [4.78, 5) is 15.2. The number of H-pyrrole nitrogens is 1. The lowest BCUT2D eigenvalue weighted by atomic mass is 9.81. The van der Waals surface area contributed by atoms with Crippen molar-refractivity contribution in [1.29, 1.82) is 0 Å². The number of aromatic nitrogens is 1. The number of hydrogen-bond donors (Lipinski definition) is 3. The van der Waals surface area contributed by atoms with Gasteiger partial charge in [-0.25, -0.2) is 0 Å². The molecule has 24 heavy (non-hydrogen) atoms. The van der Waals surface area contributed by atoms with Crippen LogP contribution in [0.4, 0.5) is 0 Å². The highest BCUT2D eigenvalue weighted by molar-refractivity contribution is 5.73. The van der Waals surface area contributed by atoms with Crippen molar-refractivity contribution in [2.75, 3.05) is 0 Å². The minimum absolute atomic E-state index is 0.307. The number of hydrogen-bond acceptors (Lipinski definition) is 4. The molecule has 1 unspecified atom stereocenters. The van der Waals surface area contributed by atoms with Crippen LogP contribution in [-0.4, -0.2) is 27.6 Å². The van der Waals surface area contributed by atoms with Crippen LogP contribution in [0.5, 0.6) is 5.75 Å². The normalized spacial score (nSPS) is 24.4. The average Bonchev–Trinajstić information content (AvgIpc) is 2.80. The molecule has 3 rings (SSSR count). The molecule has 0 saturated carbocycles. The molecular formula is C19H21NO4. The number of rotatable bonds is 3. The maximum absolute atomic E-state index is 12.5. The van der Waals surface area contributed by atoms with E-state index in [1.807, 2.05) is 30.3 Å². The Kier molecular flexibility index (Phi) is 4.07. The number of aliphatic hydroxyl groups is 2. The SMILES string of the molecule is C/C(=C\[C@@]1(C)c2c(c(-c3ccccc3)c[nH]c2=O)OC1O)[C@H](C)O. The highest BCUT2D eigenvalue weighted by Gasteiger charge is 2.46. The topological polar surface area (TPSA) is 82.6 Å². The summed E-state index contributed by atoms with van der Waals surface area (Å²) in [5.41, 5.74) is 1.30. The van der Waals surface area contributed by atoms with E-state index in [2.05, 4.69) is 4.98 Å². The molecule has 126 valence electrons. The molecule has 0 fully saturated rings. The first-order valence-corrected chi connectivity index (χ1v) is 7.88. The molecule has 5 heteroatoms. The van der Waals surface area contributed by atoms with Crippen LogP contribution in [-0.2, 0) is 5.41 Å². The summed E-state index contributed by atoms with van der Waals surface area (Å²) in [5, 5.41) is 20.2. The van der Waals surface area contributed by atoms with E-state index >= 15 is 0 Å².